The average Bonchev–Trinajstić information content (AvgIpc) is 3.03. The predicted molar refractivity (Wildman–Crippen MR) is 107 cm³/mol. The second kappa shape index (κ2) is 9.23. The third kappa shape index (κ3) is 5.77. The molecule has 0 saturated carbocycles. The van der Waals surface area contributed by atoms with E-state index in [0.29, 0.717) is 9.90 Å². The minimum absolute atomic E-state index is 0.0508. The van der Waals surface area contributed by atoms with E-state index in [-0.39, 0.29) is 24.7 Å². The average molecular weight is 459 g/mol. The van der Waals surface area contributed by atoms with Crippen LogP contribution in [-0.4, -0.2) is 31.5 Å². The zero-order valence-electron chi connectivity index (χ0n) is 15.1. The topological polar surface area (TPSA) is 76.7 Å². The zero-order chi connectivity index (χ0) is 21.7. The number of benzene rings is 2. The van der Waals surface area contributed by atoms with Crippen LogP contribution in [0.5, 0.6) is 5.75 Å². The van der Waals surface area contributed by atoms with Gasteiger partial charge in [-0.1, -0.05) is 29.8 Å². The molecule has 1 heterocycles. The van der Waals surface area contributed by atoms with Crippen LogP contribution in [0.25, 0.3) is 10.1 Å². The molecule has 0 radical (unpaired) electrons. The standard InChI is InChI=1S/C19H14ClF3N2O4S/c20-15-13-3-1-2-4-14(13)30-16(15)17(26)24-9-10-28-18(27)25-11-5-7-12(8-6-11)29-19(21,22)23/h1-8H,9-10H2,(H,24,26)(H,25,27). The van der Waals surface area contributed by atoms with E-state index in [0.717, 1.165) is 22.2 Å². The molecule has 0 aliphatic heterocycles. The number of halogens is 4. The van der Waals surface area contributed by atoms with Gasteiger partial charge in [0.25, 0.3) is 5.91 Å². The maximum absolute atomic E-state index is 12.3. The second-order valence-corrected chi connectivity index (χ2v) is 7.26. The highest BCUT2D eigenvalue weighted by Crippen LogP contribution is 2.34. The van der Waals surface area contributed by atoms with Gasteiger partial charge in [-0.15, -0.1) is 24.5 Å². The highest BCUT2D eigenvalue weighted by Gasteiger charge is 2.31. The molecule has 1 aromatic heterocycles. The van der Waals surface area contributed by atoms with Crippen molar-refractivity contribution in [3.8, 4) is 5.75 Å². The number of hydrogen-bond acceptors (Lipinski definition) is 5. The van der Waals surface area contributed by atoms with Gasteiger partial charge in [0.05, 0.1) is 11.6 Å². The van der Waals surface area contributed by atoms with E-state index in [1.807, 2.05) is 24.3 Å². The predicted octanol–water partition coefficient (Wildman–Crippen LogP) is 5.43. The lowest BCUT2D eigenvalue weighted by Gasteiger charge is -2.10. The van der Waals surface area contributed by atoms with Crippen molar-refractivity contribution in [1.29, 1.82) is 0 Å². The second-order valence-electron chi connectivity index (χ2n) is 5.83. The minimum atomic E-state index is -4.79. The fourth-order valence-electron chi connectivity index (χ4n) is 2.44. The Morgan fingerprint density at radius 3 is 2.43 bits per heavy atom. The van der Waals surface area contributed by atoms with Crippen molar-refractivity contribution in [2.45, 2.75) is 6.36 Å². The highest BCUT2D eigenvalue weighted by molar-refractivity contribution is 7.21. The number of hydrogen-bond donors (Lipinski definition) is 2. The number of amides is 2. The molecule has 0 fully saturated rings. The van der Waals surface area contributed by atoms with E-state index in [4.69, 9.17) is 16.3 Å². The summed E-state index contributed by atoms with van der Waals surface area (Å²) in [5.41, 5.74) is 0.218. The summed E-state index contributed by atoms with van der Waals surface area (Å²) in [5.74, 6) is -0.797. The molecule has 2 aromatic carbocycles. The number of rotatable bonds is 6. The molecule has 2 N–H and O–H groups in total. The van der Waals surface area contributed by atoms with Crippen molar-refractivity contribution in [1.82, 2.24) is 5.32 Å². The smallest absolute Gasteiger partial charge is 0.447 e. The molecular weight excluding hydrogens is 445 g/mol. The maximum atomic E-state index is 12.3. The Morgan fingerprint density at radius 1 is 1.07 bits per heavy atom. The normalized spacial score (nSPS) is 11.2. The number of fused-ring (bicyclic) bond motifs is 1. The van der Waals surface area contributed by atoms with Crippen molar-refractivity contribution >= 4 is 50.7 Å². The van der Waals surface area contributed by atoms with Gasteiger partial charge in [0.1, 0.15) is 17.2 Å². The Balaban J connectivity index is 1.43. The molecular formula is C19H14ClF3N2O4S. The highest BCUT2D eigenvalue weighted by atomic mass is 35.5. The monoisotopic (exact) mass is 458 g/mol. The van der Waals surface area contributed by atoms with Crippen LogP contribution in [0.4, 0.5) is 23.7 Å². The van der Waals surface area contributed by atoms with E-state index in [9.17, 15) is 22.8 Å². The first kappa shape index (κ1) is 21.7. The van der Waals surface area contributed by atoms with Crippen LogP contribution >= 0.6 is 22.9 Å². The molecule has 6 nitrogen and oxygen atoms in total. The molecule has 0 aliphatic carbocycles. The lowest BCUT2D eigenvalue weighted by atomic mass is 10.2. The SMILES string of the molecule is O=C(Nc1ccc(OC(F)(F)F)cc1)OCCNC(=O)c1sc2ccccc2c1Cl. The molecule has 158 valence electrons. The summed E-state index contributed by atoms with van der Waals surface area (Å²) in [6.45, 7) is -0.0649. The summed E-state index contributed by atoms with van der Waals surface area (Å²) >= 11 is 7.49. The van der Waals surface area contributed by atoms with E-state index < -0.39 is 18.2 Å². The molecule has 0 aliphatic rings. The number of carbonyl (C=O) groups is 2. The lowest BCUT2D eigenvalue weighted by molar-refractivity contribution is -0.274. The summed E-state index contributed by atoms with van der Waals surface area (Å²) in [4.78, 5) is 24.4. The van der Waals surface area contributed by atoms with Crippen LogP contribution < -0.4 is 15.4 Å². The number of nitrogens with one attached hydrogen (secondary N) is 2. The van der Waals surface area contributed by atoms with Gasteiger partial charge in [-0.05, 0) is 30.3 Å². The van der Waals surface area contributed by atoms with Crippen LogP contribution in [0.1, 0.15) is 9.67 Å². The van der Waals surface area contributed by atoms with Crippen LogP contribution in [0.2, 0.25) is 5.02 Å². The van der Waals surface area contributed by atoms with E-state index in [1.54, 1.807) is 0 Å². The molecule has 0 spiro atoms. The molecule has 0 atom stereocenters. The van der Waals surface area contributed by atoms with Gasteiger partial charge in [0, 0.05) is 15.8 Å². The van der Waals surface area contributed by atoms with Gasteiger partial charge >= 0.3 is 12.5 Å². The molecule has 2 amide bonds. The number of alkyl halides is 3. The third-order valence-electron chi connectivity index (χ3n) is 3.70. The van der Waals surface area contributed by atoms with Crippen molar-refractivity contribution in [2.24, 2.45) is 0 Å². The van der Waals surface area contributed by atoms with E-state index >= 15 is 0 Å². The van der Waals surface area contributed by atoms with Crippen LogP contribution in [-0.2, 0) is 4.74 Å². The van der Waals surface area contributed by atoms with Crippen LogP contribution in [0.3, 0.4) is 0 Å². The first-order chi connectivity index (χ1) is 14.2. The van der Waals surface area contributed by atoms with Crippen molar-refractivity contribution in [3.63, 3.8) is 0 Å². The number of thiophene rings is 1. The van der Waals surface area contributed by atoms with Crippen molar-refractivity contribution in [3.05, 3.63) is 58.4 Å². The van der Waals surface area contributed by atoms with Gasteiger partial charge < -0.3 is 14.8 Å². The summed E-state index contributed by atoms with van der Waals surface area (Å²) in [5, 5.41) is 6.11. The lowest BCUT2D eigenvalue weighted by Crippen LogP contribution is -2.28. The summed E-state index contributed by atoms with van der Waals surface area (Å²) in [7, 11) is 0. The fraction of sp³-hybridized carbons (Fsp3) is 0.158. The summed E-state index contributed by atoms with van der Waals surface area (Å²) in [6, 6.07) is 11.9. The molecule has 0 unspecified atom stereocenters. The molecule has 0 bridgehead atoms. The van der Waals surface area contributed by atoms with Gasteiger partial charge in [-0.25, -0.2) is 4.79 Å². The molecule has 3 rings (SSSR count). The van der Waals surface area contributed by atoms with Crippen LogP contribution in [0, 0.1) is 0 Å². The van der Waals surface area contributed by atoms with Gasteiger partial charge in [-0.3, -0.25) is 10.1 Å². The molecule has 11 heteroatoms. The molecule has 3 aromatic rings. The van der Waals surface area contributed by atoms with Crippen molar-refractivity contribution in [2.75, 3.05) is 18.5 Å². The minimum Gasteiger partial charge on any atom is -0.447 e. The Labute approximate surface area is 177 Å². The fourth-order valence-corrected chi connectivity index (χ4v) is 3.88. The largest absolute Gasteiger partial charge is 0.573 e. The number of carbonyl (C=O) groups excluding carboxylic acids is 2. The van der Waals surface area contributed by atoms with Gasteiger partial charge in [-0.2, -0.15) is 0 Å². The first-order valence-electron chi connectivity index (χ1n) is 8.48. The Bertz CT molecular complexity index is 1050. The van der Waals surface area contributed by atoms with E-state index in [1.165, 1.54) is 23.5 Å². The van der Waals surface area contributed by atoms with E-state index in [2.05, 4.69) is 15.4 Å². The first-order valence-corrected chi connectivity index (χ1v) is 9.67. The summed E-state index contributed by atoms with van der Waals surface area (Å²) < 4.78 is 45.9. The maximum Gasteiger partial charge on any atom is 0.573 e. The quantitative estimate of drug-likeness (QED) is 0.483. The van der Waals surface area contributed by atoms with Crippen LogP contribution in [0.15, 0.2) is 48.5 Å². The zero-order valence-corrected chi connectivity index (χ0v) is 16.7. The molecule has 30 heavy (non-hydrogen) atoms. The number of anilines is 1. The van der Waals surface area contributed by atoms with Gasteiger partial charge in [0.15, 0.2) is 0 Å². The third-order valence-corrected chi connectivity index (χ3v) is 5.37. The Hall–Kier alpha value is -2.98. The molecule has 0 saturated heterocycles. The Kier molecular flexibility index (Phi) is 6.68. The summed E-state index contributed by atoms with van der Waals surface area (Å²) in [6.07, 6.45) is -5.62. The van der Waals surface area contributed by atoms with Crippen molar-refractivity contribution < 1.29 is 32.2 Å². The Morgan fingerprint density at radius 2 is 1.77 bits per heavy atom. The number of ether oxygens (including phenoxy) is 2. The van der Waals surface area contributed by atoms with Gasteiger partial charge in [0.2, 0.25) is 0 Å².